The van der Waals surface area contributed by atoms with Crippen LogP contribution in [0.15, 0.2) is 58.3 Å². The number of rotatable bonds is 12. The molecule has 0 unspecified atom stereocenters. The van der Waals surface area contributed by atoms with Gasteiger partial charge in [-0.15, -0.1) is 0 Å². The van der Waals surface area contributed by atoms with Gasteiger partial charge in [0.05, 0.1) is 9.79 Å². The number of primary sulfonamides is 1. The molecule has 0 radical (unpaired) electrons. The van der Waals surface area contributed by atoms with Gasteiger partial charge in [0.1, 0.15) is 0 Å². The molecule has 48 heavy (non-hydrogen) atoms. The molecule has 0 saturated carbocycles. The summed E-state index contributed by atoms with van der Waals surface area (Å²) in [6, 6.07) is 4.67. The Morgan fingerprint density at radius 3 is 1.21 bits per heavy atom. The normalized spacial score (nSPS) is 14.9. The van der Waals surface area contributed by atoms with Crippen molar-refractivity contribution in [1.82, 2.24) is 0 Å². The molecule has 2 rings (SSSR count). The van der Waals surface area contributed by atoms with Gasteiger partial charge in [0.25, 0.3) is 10.0 Å². The fourth-order valence-corrected chi connectivity index (χ4v) is 4.73. The van der Waals surface area contributed by atoms with Crippen LogP contribution in [0.2, 0.25) is 0 Å². The number of sulfonamides is 2. The van der Waals surface area contributed by atoms with Gasteiger partial charge in [-0.2, -0.15) is 74.6 Å². The molecular formula is C21H12F17N3O5S2. The van der Waals surface area contributed by atoms with E-state index in [9.17, 15) is 96.3 Å². The first-order chi connectivity index (χ1) is 21.0. The lowest BCUT2D eigenvalue weighted by atomic mass is 9.89. The second-order valence-electron chi connectivity index (χ2n) is 9.17. The lowest BCUT2D eigenvalue weighted by molar-refractivity contribution is -0.459. The van der Waals surface area contributed by atoms with Crippen molar-refractivity contribution in [3.05, 3.63) is 48.5 Å². The average molecular weight is 773 g/mol. The Labute approximate surface area is 255 Å². The van der Waals surface area contributed by atoms with Crippen LogP contribution in [-0.2, 0) is 24.8 Å². The first-order valence-corrected chi connectivity index (χ1v) is 14.4. The summed E-state index contributed by atoms with van der Waals surface area (Å²) in [4.78, 5) is 10.4. The van der Waals surface area contributed by atoms with Crippen molar-refractivity contribution in [2.75, 3.05) is 10.0 Å². The molecule has 0 aromatic heterocycles. The molecule has 0 saturated heterocycles. The van der Waals surface area contributed by atoms with Crippen LogP contribution in [0.5, 0.6) is 0 Å². The Bertz CT molecular complexity index is 1750. The first kappa shape index (κ1) is 40.6. The number of hydrogen-bond acceptors (Lipinski definition) is 5. The number of hydrogen-bond donors (Lipinski definition) is 3. The zero-order valence-electron chi connectivity index (χ0n) is 22.0. The predicted molar refractivity (Wildman–Crippen MR) is 124 cm³/mol. The number of carbonyl (C=O) groups excluding carboxylic acids is 1. The Morgan fingerprint density at radius 2 is 0.833 bits per heavy atom. The van der Waals surface area contributed by atoms with Gasteiger partial charge in [-0.25, -0.2) is 22.0 Å². The summed E-state index contributed by atoms with van der Waals surface area (Å²) in [6.07, 6.45) is -7.91. The molecule has 0 fully saturated rings. The molecule has 8 nitrogen and oxygen atoms in total. The monoisotopic (exact) mass is 773 g/mol. The number of nitrogens with two attached hydrogens (primary N) is 1. The lowest BCUT2D eigenvalue weighted by Gasteiger charge is -2.42. The topological polar surface area (TPSA) is 135 Å². The highest BCUT2D eigenvalue weighted by molar-refractivity contribution is 7.92. The van der Waals surface area contributed by atoms with Gasteiger partial charge in [0, 0.05) is 11.4 Å². The molecule has 0 spiro atoms. The number of halogens is 17. The lowest BCUT2D eigenvalue weighted by Crippen LogP contribution is -2.75. The van der Waals surface area contributed by atoms with Gasteiger partial charge in [0.15, 0.2) is 0 Å². The molecule has 0 bridgehead atoms. The van der Waals surface area contributed by atoms with Crippen LogP contribution in [0.1, 0.15) is 0 Å². The van der Waals surface area contributed by atoms with Crippen molar-refractivity contribution >= 4 is 37.3 Å². The predicted octanol–water partition coefficient (Wildman–Crippen LogP) is 6.08. The second-order valence-corrected chi connectivity index (χ2v) is 12.4. The summed E-state index contributed by atoms with van der Waals surface area (Å²) in [5.74, 6) is -62.9. The van der Waals surface area contributed by atoms with Crippen LogP contribution < -0.4 is 15.2 Å². The minimum Gasteiger partial charge on any atom is -0.321 e. The van der Waals surface area contributed by atoms with E-state index in [-0.39, 0.29) is 17.8 Å². The second kappa shape index (κ2) is 11.8. The van der Waals surface area contributed by atoms with E-state index in [2.05, 4.69) is 0 Å². The summed E-state index contributed by atoms with van der Waals surface area (Å²) >= 11 is 0. The van der Waals surface area contributed by atoms with Crippen LogP contribution in [0.3, 0.4) is 0 Å². The summed E-state index contributed by atoms with van der Waals surface area (Å²) in [5.41, 5.74) is -1.59. The molecule has 0 heterocycles. The van der Waals surface area contributed by atoms with Gasteiger partial charge >= 0.3 is 53.5 Å². The highest BCUT2D eigenvalue weighted by Gasteiger charge is 2.95. The van der Waals surface area contributed by atoms with Gasteiger partial charge in [0.2, 0.25) is 10.0 Å². The fourth-order valence-electron chi connectivity index (χ4n) is 3.16. The highest BCUT2D eigenvalue weighted by atomic mass is 32.2. The summed E-state index contributed by atoms with van der Waals surface area (Å²) in [7, 11) is -8.90. The summed E-state index contributed by atoms with van der Waals surface area (Å²) in [6.45, 7) is 0. The third-order valence-electron chi connectivity index (χ3n) is 5.86. The van der Waals surface area contributed by atoms with Crippen molar-refractivity contribution in [1.29, 1.82) is 0 Å². The largest absolute Gasteiger partial charge is 0.460 e. The van der Waals surface area contributed by atoms with Gasteiger partial charge in [-0.3, -0.25) is 9.52 Å². The summed E-state index contributed by atoms with van der Waals surface area (Å²) < 4.78 is 277. The standard InChI is InChI=1S/C21H12F17N3O5S2/c22-14(23,15(24,25)16(26,27)17(28,29)18(30,31)19(32,33)20(34,35)21(36,37)38)13(42)40-9-1-7-12(8-2-9)48(45,46)41-10-3-5-11(6-4-10)47(39,43)44/h1-8,41H,(H,40,42)(H2,39,43,44). The van der Waals surface area contributed by atoms with E-state index >= 15 is 0 Å². The van der Waals surface area contributed by atoms with E-state index in [1.54, 1.807) is 0 Å². The Balaban J connectivity index is 2.38. The number of amides is 1. The molecule has 27 heteroatoms. The van der Waals surface area contributed by atoms with Gasteiger partial charge < -0.3 is 5.32 Å². The van der Waals surface area contributed by atoms with E-state index < -0.39 is 89.1 Å². The first-order valence-electron chi connectivity index (χ1n) is 11.3. The fraction of sp³-hybridized carbons (Fsp3) is 0.381. The third-order valence-corrected chi connectivity index (χ3v) is 8.19. The van der Waals surface area contributed by atoms with E-state index in [0.717, 1.165) is 24.3 Å². The Kier molecular flexibility index (Phi) is 9.94. The van der Waals surface area contributed by atoms with Crippen molar-refractivity contribution in [2.24, 2.45) is 5.14 Å². The maximum absolute atomic E-state index is 14.1. The van der Waals surface area contributed by atoms with Crippen molar-refractivity contribution in [2.45, 2.75) is 57.4 Å². The number of carbonyl (C=O) groups is 1. The maximum atomic E-state index is 14.1. The number of nitrogens with one attached hydrogen (secondary N) is 2. The van der Waals surface area contributed by atoms with Crippen molar-refractivity contribution in [3.8, 4) is 0 Å². The number of anilines is 2. The highest BCUT2D eigenvalue weighted by Crippen LogP contribution is 2.64. The molecule has 2 aromatic carbocycles. The zero-order valence-corrected chi connectivity index (χ0v) is 23.6. The minimum atomic E-state index is -8.87. The molecule has 4 N–H and O–H groups in total. The SMILES string of the molecule is NS(=O)(=O)c1ccc(NS(=O)(=O)c2ccc(NC(=O)C(F)(F)C(F)(F)C(F)(F)C(F)(F)C(F)(F)C(F)(F)C(F)(F)C(F)(F)F)cc2)cc1. The molecule has 0 aliphatic heterocycles. The summed E-state index contributed by atoms with van der Waals surface area (Å²) in [5, 5.41) is 5.49. The van der Waals surface area contributed by atoms with E-state index in [4.69, 9.17) is 5.14 Å². The van der Waals surface area contributed by atoms with Gasteiger partial charge in [-0.1, -0.05) is 0 Å². The van der Waals surface area contributed by atoms with Crippen LogP contribution in [0.25, 0.3) is 0 Å². The van der Waals surface area contributed by atoms with Crippen LogP contribution in [0.4, 0.5) is 86.0 Å². The van der Waals surface area contributed by atoms with Crippen LogP contribution >= 0.6 is 0 Å². The molecule has 272 valence electrons. The molecule has 1 amide bonds. The zero-order chi connectivity index (χ0) is 38.0. The average Bonchev–Trinajstić information content (AvgIpc) is 2.91. The van der Waals surface area contributed by atoms with Crippen LogP contribution in [0, 0.1) is 0 Å². The van der Waals surface area contributed by atoms with Crippen molar-refractivity contribution < 1.29 is 96.3 Å². The molecule has 0 atom stereocenters. The smallest absolute Gasteiger partial charge is 0.321 e. The Hall–Kier alpha value is -3.62. The number of benzene rings is 2. The maximum Gasteiger partial charge on any atom is 0.460 e. The van der Waals surface area contributed by atoms with E-state index in [1.807, 2.05) is 4.72 Å². The van der Waals surface area contributed by atoms with Crippen molar-refractivity contribution in [3.63, 3.8) is 0 Å². The van der Waals surface area contributed by atoms with Gasteiger partial charge in [-0.05, 0) is 48.5 Å². The van der Waals surface area contributed by atoms with E-state index in [0.29, 0.717) is 17.4 Å². The third kappa shape index (κ3) is 6.41. The molecule has 0 aliphatic rings. The van der Waals surface area contributed by atoms with Crippen LogP contribution in [-0.4, -0.2) is 70.4 Å². The quantitative estimate of drug-likeness (QED) is 0.225. The molecule has 2 aromatic rings. The molecular weight excluding hydrogens is 761 g/mol. The molecule has 0 aliphatic carbocycles. The van der Waals surface area contributed by atoms with E-state index in [1.165, 1.54) is 0 Å². The minimum absolute atomic E-state index is 0.242. The Morgan fingerprint density at radius 1 is 0.500 bits per heavy atom. The number of alkyl halides is 17.